The molecule has 2 aliphatic rings. The Morgan fingerprint density at radius 2 is 2.00 bits per heavy atom. The van der Waals surface area contributed by atoms with E-state index in [4.69, 9.17) is 16.6 Å². The van der Waals surface area contributed by atoms with Gasteiger partial charge in [0.1, 0.15) is 15.5 Å². The zero-order chi connectivity index (χ0) is 22.9. The van der Waals surface area contributed by atoms with Crippen molar-refractivity contribution in [1.82, 2.24) is 29.0 Å². The van der Waals surface area contributed by atoms with Gasteiger partial charge in [-0.1, -0.05) is 22.9 Å². The minimum Gasteiger partial charge on any atom is -0.336 e. The van der Waals surface area contributed by atoms with Crippen LogP contribution in [0.2, 0.25) is 4.34 Å². The summed E-state index contributed by atoms with van der Waals surface area (Å²) in [6.45, 7) is 4.71. The number of hydrogen-bond acceptors (Lipinski definition) is 6. The molecule has 1 N–H and O–H groups in total. The number of rotatable bonds is 7. The molecule has 4 aromatic heterocycles. The molecule has 4 heterocycles. The lowest BCUT2D eigenvalue weighted by atomic mass is 10.2. The Morgan fingerprint density at radius 3 is 2.61 bits per heavy atom. The second-order valence-corrected chi connectivity index (χ2v) is 10.7. The van der Waals surface area contributed by atoms with Crippen LogP contribution in [0.3, 0.4) is 0 Å². The Bertz CT molecular complexity index is 1360. The largest absolute Gasteiger partial charge is 0.336 e. The molecule has 0 aliphatic heterocycles. The number of nitrogens with one attached hydrogen (secondary N) is 1. The normalized spacial score (nSPS) is 16.1. The number of imidazole rings is 1. The van der Waals surface area contributed by atoms with Crippen LogP contribution in [0.15, 0.2) is 12.4 Å². The summed E-state index contributed by atoms with van der Waals surface area (Å²) in [5.41, 5.74) is 4.41. The smallest absolute Gasteiger partial charge is 0.229 e. The first-order valence-electron chi connectivity index (χ1n) is 11.5. The molecule has 8 nitrogen and oxygen atoms in total. The summed E-state index contributed by atoms with van der Waals surface area (Å²) in [5, 5.41) is 5.03. The van der Waals surface area contributed by atoms with Crippen molar-refractivity contribution in [3.63, 3.8) is 0 Å². The molecule has 0 bridgehead atoms. The van der Waals surface area contributed by atoms with Crippen LogP contribution in [0.4, 0.5) is 10.9 Å². The molecular weight excluding hydrogens is 458 g/mol. The van der Waals surface area contributed by atoms with Crippen LogP contribution >= 0.6 is 22.9 Å². The summed E-state index contributed by atoms with van der Waals surface area (Å²) in [6, 6.07) is 3.03. The second-order valence-electron chi connectivity index (χ2n) is 9.07. The van der Waals surface area contributed by atoms with E-state index in [1.165, 1.54) is 11.3 Å². The molecule has 1 amide bonds. The maximum atomic E-state index is 13.3. The standard InChI is InChI=1S/C23H26ClN7OS/c1-4-30-15(10-17(32)31(13-5-6-13)14-7-8-14)9-16-19-18(25-11-29(19)3)21(27-22(16)30)28-23-26-12(2)20(24)33-23/h9,11,13-14H,4-8,10H2,1-3H3,(H,26,27,28). The van der Waals surface area contributed by atoms with E-state index in [2.05, 4.69) is 37.7 Å². The Labute approximate surface area is 200 Å². The van der Waals surface area contributed by atoms with Gasteiger partial charge >= 0.3 is 0 Å². The van der Waals surface area contributed by atoms with Gasteiger partial charge in [0.25, 0.3) is 0 Å². The number of amides is 1. The number of carbonyl (C=O) groups is 1. The monoisotopic (exact) mass is 483 g/mol. The van der Waals surface area contributed by atoms with Crippen LogP contribution in [-0.2, 0) is 24.8 Å². The fraction of sp³-hybridized carbons (Fsp3) is 0.478. The second kappa shape index (κ2) is 7.70. The highest BCUT2D eigenvalue weighted by atomic mass is 35.5. The topological polar surface area (TPSA) is 80.9 Å². The van der Waals surface area contributed by atoms with Crippen LogP contribution in [0.1, 0.15) is 44.0 Å². The average Bonchev–Trinajstić information content (AvgIpc) is 3.69. The van der Waals surface area contributed by atoms with Gasteiger partial charge in [-0.3, -0.25) is 4.79 Å². The highest BCUT2D eigenvalue weighted by Gasteiger charge is 2.42. The van der Waals surface area contributed by atoms with Gasteiger partial charge in [-0.2, -0.15) is 0 Å². The summed E-state index contributed by atoms with van der Waals surface area (Å²) in [6.07, 6.45) is 6.78. The SMILES string of the molecule is CCn1c(CC(=O)N(C2CC2)C2CC2)cc2c3c(ncn3C)c(Nc3nc(C)c(Cl)s3)nc21. The lowest BCUT2D eigenvalue weighted by Crippen LogP contribution is -2.36. The maximum absolute atomic E-state index is 13.3. The van der Waals surface area contributed by atoms with Gasteiger partial charge in [0, 0.05) is 36.8 Å². The van der Waals surface area contributed by atoms with E-state index >= 15 is 0 Å². The summed E-state index contributed by atoms with van der Waals surface area (Å²) >= 11 is 7.61. The number of anilines is 2. The minimum atomic E-state index is 0.241. The quantitative estimate of drug-likeness (QED) is 0.408. The summed E-state index contributed by atoms with van der Waals surface area (Å²) < 4.78 is 4.82. The van der Waals surface area contributed by atoms with E-state index in [0.717, 1.165) is 65.7 Å². The van der Waals surface area contributed by atoms with E-state index in [1.807, 2.05) is 18.5 Å². The third-order valence-electron chi connectivity index (χ3n) is 6.57. The fourth-order valence-corrected chi connectivity index (χ4v) is 5.70. The summed E-state index contributed by atoms with van der Waals surface area (Å²) in [5.74, 6) is 0.886. The number of pyridine rings is 1. The van der Waals surface area contributed by atoms with Crippen molar-refractivity contribution in [2.75, 3.05) is 5.32 Å². The minimum absolute atomic E-state index is 0.241. The molecule has 33 heavy (non-hydrogen) atoms. The van der Waals surface area contributed by atoms with E-state index < -0.39 is 0 Å². The molecule has 2 aliphatic carbocycles. The van der Waals surface area contributed by atoms with E-state index in [1.54, 1.807) is 6.33 Å². The van der Waals surface area contributed by atoms with Crippen molar-refractivity contribution in [3.05, 3.63) is 28.1 Å². The van der Waals surface area contributed by atoms with Gasteiger partial charge in [0.2, 0.25) is 5.91 Å². The predicted molar refractivity (Wildman–Crippen MR) is 131 cm³/mol. The molecule has 0 aromatic carbocycles. The summed E-state index contributed by atoms with van der Waals surface area (Å²) in [4.78, 5) is 29.5. The van der Waals surface area contributed by atoms with Crippen molar-refractivity contribution in [2.24, 2.45) is 7.05 Å². The van der Waals surface area contributed by atoms with E-state index in [-0.39, 0.29) is 5.91 Å². The van der Waals surface area contributed by atoms with Gasteiger partial charge in [0.05, 0.1) is 24.0 Å². The molecule has 0 atom stereocenters. The van der Waals surface area contributed by atoms with Gasteiger partial charge < -0.3 is 19.4 Å². The van der Waals surface area contributed by atoms with Crippen LogP contribution in [0.5, 0.6) is 0 Å². The Hall–Kier alpha value is -2.65. The molecule has 172 valence electrons. The third-order valence-corrected chi connectivity index (χ3v) is 7.94. The van der Waals surface area contributed by atoms with Crippen molar-refractivity contribution in [1.29, 1.82) is 0 Å². The number of nitrogens with zero attached hydrogens (tertiary/aromatic N) is 6. The molecule has 4 aromatic rings. The molecular formula is C23H26ClN7OS. The number of hydrogen-bond donors (Lipinski definition) is 1. The van der Waals surface area contributed by atoms with E-state index in [0.29, 0.717) is 33.8 Å². The zero-order valence-corrected chi connectivity index (χ0v) is 20.5. The third kappa shape index (κ3) is 3.58. The molecule has 2 fully saturated rings. The van der Waals surface area contributed by atoms with Crippen molar-refractivity contribution < 1.29 is 4.79 Å². The van der Waals surface area contributed by atoms with Crippen molar-refractivity contribution in [2.45, 2.75) is 64.6 Å². The number of aryl methyl sites for hydroxylation is 3. The Kier molecular flexibility index (Phi) is 4.88. The van der Waals surface area contributed by atoms with Gasteiger partial charge in [-0.05, 0) is 45.6 Å². The molecule has 2 saturated carbocycles. The summed E-state index contributed by atoms with van der Waals surface area (Å²) in [7, 11) is 1.99. The zero-order valence-electron chi connectivity index (χ0n) is 18.9. The Balaban J connectivity index is 1.44. The first-order chi connectivity index (χ1) is 15.9. The molecule has 0 unspecified atom stereocenters. The van der Waals surface area contributed by atoms with Crippen molar-refractivity contribution >= 4 is 61.9 Å². The first kappa shape index (κ1) is 20.9. The highest BCUT2D eigenvalue weighted by molar-refractivity contribution is 7.19. The Morgan fingerprint density at radius 1 is 1.27 bits per heavy atom. The average molecular weight is 484 g/mol. The number of halogens is 1. The number of thiazole rings is 1. The lowest BCUT2D eigenvalue weighted by Gasteiger charge is -2.22. The number of carbonyl (C=O) groups excluding carboxylic acids is 1. The van der Waals surface area contributed by atoms with Gasteiger partial charge in [-0.25, -0.2) is 15.0 Å². The van der Waals surface area contributed by atoms with Crippen LogP contribution < -0.4 is 5.32 Å². The fourth-order valence-electron chi connectivity index (χ4n) is 4.74. The van der Waals surface area contributed by atoms with Gasteiger partial charge in [0.15, 0.2) is 10.9 Å². The number of aromatic nitrogens is 5. The first-order valence-corrected chi connectivity index (χ1v) is 12.7. The maximum Gasteiger partial charge on any atom is 0.229 e. The van der Waals surface area contributed by atoms with E-state index in [9.17, 15) is 4.79 Å². The molecule has 0 spiro atoms. The predicted octanol–water partition coefficient (Wildman–Crippen LogP) is 4.80. The molecule has 6 rings (SSSR count). The van der Waals surface area contributed by atoms with Crippen LogP contribution in [0.25, 0.3) is 22.1 Å². The molecule has 10 heteroatoms. The lowest BCUT2D eigenvalue weighted by molar-refractivity contribution is -0.131. The number of fused-ring (bicyclic) bond motifs is 3. The van der Waals surface area contributed by atoms with Crippen LogP contribution in [-0.4, -0.2) is 47.0 Å². The highest BCUT2D eigenvalue weighted by Crippen LogP contribution is 2.38. The van der Waals surface area contributed by atoms with Gasteiger partial charge in [-0.15, -0.1) is 0 Å². The molecule has 0 radical (unpaired) electrons. The van der Waals surface area contributed by atoms with Crippen molar-refractivity contribution in [3.8, 4) is 0 Å². The molecule has 0 saturated heterocycles. The van der Waals surface area contributed by atoms with Crippen LogP contribution in [0, 0.1) is 6.92 Å².